The number of hydrogen-bond acceptors (Lipinski definition) is 3. The van der Waals surface area contributed by atoms with E-state index < -0.39 is 0 Å². The fraction of sp³-hybridized carbons (Fsp3) is 0.786. The molecule has 0 radical (unpaired) electrons. The van der Waals surface area contributed by atoms with E-state index in [2.05, 4.69) is 30.6 Å². The molecular weight excluding hydrogens is 226 g/mol. The zero-order chi connectivity index (χ0) is 13.5. The number of nitrogens with zero attached hydrogens (tertiary/aromatic N) is 2. The molecule has 4 heteroatoms. The Morgan fingerprint density at radius 2 is 2.06 bits per heavy atom. The number of hydrogen-bond donors (Lipinski definition) is 1. The number of unbranched alkanes of at least 4 members (excludes halogenated alkanes) is 1. The third-order valence-corrected chi connectivity index (χ3v) is 3.49. The fourth-order valence-electron chi connectivity index (χ4n) is 2.16. The average Bonchev–Trinajstić information content (AvgIpc) is 2.62. The maximum atomic E-state index is 6.04. The van der Waals surface area contributed by atoms with E-state index >= 15 is 0 Å². The number of nitrogens with two attached hydrogens (primary N) is 1. The monoisotopic (exact) mass is 253 g/mol. The standard InChI is InChI=1S/C14H27N3O/c1-5-13(15)10-14-11(2)16-17(12(14)3)8-6-7-9-18-4/h13H,5-10,15H2,1-4H3. The van der Waals surface area contributed by atoms with Crippen molar-refractivity contribution in [2.75, 3.05) is 13.7 Å². The topological polar surface area (TPSA) is 53.1 Å². The lowest BCUT2D eigenvalue weighted by molar-refractivity contribution is 0.191. The minimum Gasteiger partial charge on any atom is -0.385 e. The first-order valence-electron chi connectivity index (χ1n) is 6.87. The van der Waals surface area contributed by atoms with Gasteiger partial charge in [-0.1, -0.05) is 6.92 Å². The summed E-state index contributed by atoms with van der Waals surface area (Å²) < 4.78 is 7.17. The Bertz CT molecular complexity index is 360. The largest absolute Gasteiger partial charge is 0.385 e. The van der Waals surface area contributed by atoms with Gasteiger partial charge in [0.15, 0.2) is 0 Å². The van der Waals surface area contributed by atoms with Crippen molar-refractivity contribution in [3.8, 4) is 0 Å². The molecule has 0 aromatic carbocycles. The van der Waals surface area contributed by atoms with Gasteiger partial charge in [0.2, 0.25) is 0 Å². The van der Waals surface area contributed by atoms with Gasteiger partial charge < -0.3 is 10.5 Å². The normalized spacial score (nSPS) is 12.9. The molecular formula is C14H27N3O. The second-order valence-electron chi connectivity index (χ2n) is 4.94. The highest BCUT2D eigenvalue weighted by Crippen LogP contribution is 2.16. The third kappa shape index (κ3) is 4.10. The van der Waals surface area contributed by atoms with E-state index in [-0.39, 0.29) is 6.04 Å². The molecule has 0 amide bonds. The summed E-state index contributed by atoms with van der Waals surface area (Å²) in [5.74, 6) is 0. The van der Waals surface area contributed by atoms with E-state index in [4.69, 9.17) is 10.5 Å². The molecule has 1 aromatic rings. The van der Waals surface area contributed by atoms with E-state index in [0.29, 0.717) is 0 Å². The van der Waals surface area contributed by atoms with Crippen LogP contribution in [0.25, 0.3) is 0 Å². The minimum atomic E-state index is 0.244. The molecule has 0 fully saturated rings. The van der Waals surface area contributed by atoms with Gasteiger partial charge in [-0.25, -0.2) is 0 Å². The lowest BCUT2D eigenvalue weighted by Gasteiger charge is -2.09. The van der Waals surface area contributed by atoms with Crippen molar-refractivity contribution in [1.29, 1.82) is 0 Å². The molecule has 1 aromatic heterocycles. The van der Waals surface area contributed by atoms with E-state index in [1.165, 1.54) is 11.3 Å². The summed E-state index contributed by atoms with van der Waals surface area (Å²) in [6.45, 7) is 8.15. The van der Waals surface area contributed by atoms with Gasteiger partial charge in [-0.15, -0.1) is 0 Å². The summed E-state index contributed by atoms with van der Waals surface area (Å²) in [5.41, 5.74) is 9.77. The van der Waals surface area contributed by atoms with Gasteiger partial charge in [0, 0.05) is 32.0 Å². The van der Waals surface area contributed by atoms with Gasteiger partial charge in [-0.2, -0.15) is 5.10 Å². The van der Waals surface area contributed by atoms with Crippen LogP contribution in [0.5, 0.6) is 0 Å². The zero-order valence-electron chi connectivity index (χ0n) is 12.2. The van der Waals surface area contributed by atoms with E-state index in [1.807, 2.05) is 0 Å². The van der Waals surface area contributed by atoms with Crippen molar-refractivity contribution in [2.45, 2.75) is 59.0 Å². The smallest absolute Gasteiger partial charge is 0.0629 e. The molecule has 1 rings (SSSR count). The molecule has 0 saturated heterocycles. The van der Waals surface area contributed by atoms with Crippen molar-refractivity contribution in [3.05, 3.63) is 17.0 Å². The Morgan fingerprint density at radius 1 is 1.33 bits per heavy atom. The molecule has 1 unspecified atom stereocenters. The highest BCUT2D eigenvalue weighted by atomic mass is 16.5. The van der Waals surface area contributed by atoms with Crippen LogP contribution in [0.4, 0.5) is 0 Å². The number of ether oxygens (including phenoxy) is 1. The molecule has 104 valence electrons. The first kappa shape index (κ1) is 15.2. The lowest BCUT2D eigenvalue weighted by atomic mass is 10.0. The van der Waals surface area contributed by atoms with E-state index in [0.717, 1.165) is 44.5 Å². The first-order chi connectivity index (χ1) is 8.60. The molecule has 4 nitrogen and oxygen atoms in total. The van der Waals surface area contributed by atoms with Crippen LogP contribution in [-0.4, -0.2) is 29.5 Å². The molecule has 0 aliphatic heterocycles. The van der Waals surface area contributed by atoms with Gasteiger partial charge in [0.05, 0.1) is 5.69 Å². The Balaban J connectivity index is 2.62. The summed E-state index contributed by atoms with van der Waals surface area (Å²) in [7, 11) is 1.74. The van der Waals surface area contributed by atoms with Crippen molar-refractivity contribution in [1.82, 2.24) is 9.78 Å². The molecule has 0 spiro atoms. The summed E-state index contributed by atoms with van der Waals surface area (Å²) in [6.07, 6.45) is 4.14. The highest BCUT2D eigenvalue weighted by molar-refractivity contribution is 5.25. The Kier molecular flexibility index (Phi) is 6.36. The van der Waals surface area contributed by atoms with E-state index in [9.17, 15) is 0 Å². The predicted molar refractivity (Wildman–Crippen MR) is 74.8 cm³/mol. The van der Waals surface area contributed by atoms with Crippen molar-refractivity contribution in [3.63, 3.8) is 0 Å². The van der Waals surface area contributed by atoms with Crippen LogP contribution in [-0.2, 0) is 17.7 Å². The van der Waals surface area contributed by atoms with Crippen LogP contribution in [0.3, 0.4) is 0 Å². The quantitative estimate of drug-likeness (QED) is 0.723. The van der Waals surface area contributed by atoms with Crippen molar-refractivity contribution < 1.29 is 4.74 Å². The molecule has 1 heterocycles. The number of rotatable bonds is 8. The molecule has 0 bridgehead atoms. The maximum absolute atomic E-state index is 6.04. The van der Waals surface area contributed by atoms with Crippen molar-refractivity contribution >= 4 is 0 Å². The Labute approximate surface area is 111 Å². The second-order valence-corrected chi connectivity index (χ2v) is 4.94. The van der Waals surface area contributed by atoms with Crippen LogP contribution in [0.1, 0.15) is 43.1 Å². The number of aryl methyl sites for hydroxylation is 2. The first-order valence-corrected chi connectivity index (χ1v) is 6.87. The zero-order valence-corrected chi connectivity index (χ0v) is 12.2. The predicted octanol–water partition coefficient (Wildman–Crippen LogP) is 2.21. The average molecular weight is 253 g/mol. The van der Waals surface area contributed by atoms with Gasteiger partial charge in [-0.3, -0.25) is 4.68 Å². The highest BCUT2D eigenvalue weighted by Gasteiger charge is 2.13. The van der Waals surface area contributed by atoms with Gasteiger partial charge in [0.25, 0.3) is 0 Å². The van der Waals surface area contributed by atoms with Crippen LogP contribution in [0, 0.1) is 13.8 Å². The van der Waals surface area contributed by atoms with Crippen LogP contribution >= 0.6 is 0 Å². The van der Waals surface area contributed by atoms with Crippen LogP contribution in [0.2, 0.25) is 0 Å². The summed E-state index contributed by atoms with van der Waals surface area (Å²) in [6, 6.07) is 0.244. The Morgan fingerprint density at radius 3 is 2.67 bits per heavy atom. The minimum absolute atomic E-state index is 0.244. The van der Waals surface area contributed by atoms with Gasteiger partial charge in [0.1, 0.15) is 0 Å². The maximum Gasteiger partial charge on any atom is 0.0629 e. The van der Waals surface area contributed by atoms with Crippen molar-refractivity contribution in [2.24, 2.45) is 5.73 Å². The Hall–Kier alpha value is -0.870. The van der Waals surface area contributed by atoms with Gasteiger partial charge in [-0.05, 0) is 45.1 Å². The van der Waals surface area contributed by atoms with Gasteiger partial charge >= 0.3 is 0 Å². The molecule has 1 atom stereocenters. The van der Waals surface area contributed by atoms with Crippen LogP contribution in [0.15, 0.2) is 0 Å². The molecule has 18 heavy (non-hydrogen) atoms. The SMILES string of the molecule is CCC(N)Cc1c(C)nn(CCCCOC)c1C. The van der Waals surface area contributed by atoms with E-state index in [1.54, 1.807) is 7.11 Å². The summed E-state index contributed by atoms with van der Waals surface area (Å²) >= 11 is 0. The lowest BCUT2D eigenvalue weighted by Crippen LogP contribution is -2.22. The summed E-state index contributed by atoms with van der Waals surface area (Å²) in [4.78, 5) is 0. The molecule has 0 aliphatic carbocycles. The molecule has 0 saturated carbocycles. The summed E-state index contributed by atoms with van der Waals surface area (Å²) in [5, 5.41) is 4.62. The fourth-order valence-corrected chi connectivity index (χ4v) is 2.16. The second kappa shape index (κ2) is 7.54. The molecule has 0 aliphatic rings. The number of aromatic nitrogens is 2. The third-order valence-electron chi connectivity index (χ3n) is 3.49. The number of methoxy groups -OCH3 is 1. The molecule has 2 N–H and O–H groups in total. The van der Waals surface area contributed by atoms with Crippen LogP contribution < -0.4 is 5.73 Å².